The van der Waals surface area contributed by atoms with Crippen molar-refractivity contribution in [3.63, 3.8) is 0 Å². The van der Waals surface area contributed by atoms with E-state index >= 15 is 0 Å². The monoisotopic (exact) mass is 590 g/mol. The van der Waals surface area contributed by atoms with Crippen molar-refractivity contribution < 1.29 is 23.9 Å². The van der Waals surface area contributed by atoms with E-state index in [0.29, 0.717) is 17.9 Å². The molecule has 0 aromatic heterocycles. The number of anilines is 1. The number of nitrogens with one attached hydrogen (secondary N) is 1. The molecule has 9 heteroatoms. The van der Waals surface area contributed by atoms with Crippen molar-refractivity contribution in [3.05, 3.63) is 101 Å². The van der Waals surface area contributed by atoms with Crippen LogP contribution in [-0.2, 0) is 28.9 Å². The van der Waals surface area contributed by atoms with Crippen LogP contribution >= 0.6 is 23.2 Å². The standard InChI is InChI=1S/C32H28Cl2N2O5/c1-18(2)17-41-30(40)19-11-13-20(14-12-19)35-25(37)15-16-36-28(38)26-27(29(36)39)32(34)22-8-4-3-7-21(22)31(26,33)23-9-5-6-10-24(23)32/h3-14,18,26-27H,15-17H2,1-2H3,(H,35,37)/t26-,27-,31?,32?/m0/s1. The van der Waals surface area contributed by atoms with Gasteiger partial charge in [-0.05, 0) is 52.4 Å². The number of rotatable bonds is 7. The van der Waals surface area contributed by atoms with Crippen LogP contribution in [0, 0.1) is 17.8 Å². The first-order valence-electron chi connectivity index (χ1n) is 13.6. The van der Waals surface area contributed by atoms with Crippen molar-refractivity contribution in [1.29, 1.82) is 0 Å². The molecule has 3 aliphatic carbocycles. The Morgan fingerprint density at radius 3 is 1.73 bits per heavy atom. The summed E-state index contributed by atoms with van der Waals surface area (Å²) in [6.07, 6.45) is -0.112. The van der Waals surface area contributed by atoms with Gasteiger partial charge in [-0.2, -0.15) is 0 Å². The molecule has 1 fully saturated rings. The number of ether oxygens (including phenoxy) is 1. The first kappa shape index (κ1) is 27.5. The number of carbonyl (C=O) groups excluding carboxylic acids is 4. The molecule has 4 aliphatic rings. The molecule has 1 saturated heterocycles. The van der Waals surface area contributed by atoms with Gasteiger partial charge in [0.1, 0.15) is 9.75 Å². The first-order valence-corrected chi connectivity index (χ1v) is 14.3. The predicted molar refractivity (Wildman–Crippen MR) is 155 cm³/mol. The minimum absolute atomic E-state index is 0.108. The molecule has 0 unspecified atom stereocenters. The van der Waals surface area contributed by atoms with Crippen LogP contribution in [0.2, 0.25) is 0 Å². The van der Waals surface area contributed by atoms with E-state index in [1.165, 1.54) is 0 Å². The number of benzene rings is 3. The van der Waals surface area contributed by atoms with Crippen LogP contribution in [0.25, 0.3) is 0 Å². The summed E-state index contributed by atoms with van der Waals surface area (Å²) in [5, 5.41) is 2.76. The Hall–Kier alpha value is -3.68. The van der Waals surface area contributed by atoms with Crippen LogP contribution in [-0.4, -0.2) is 41.7 Å². The molecule has 2 bridgehead atoms. The Labute approximate surface area is 247 Å². The number of likely N-dealkylation sites (tertiary alicyclic amines) is 1. The van der Waals surface area contributed by atoms with E-state index in [1.54, 1.807) is 24.3 Å². The summed E-state index contributed by atoms with van der Waals surface area (Å²) in [5.41, 5.74) is 3.78. The van der Waals surface area contributed by atoms with Crippen molar-refractivity contribution in [2.45, 2.75) is 30.0 Å². The highest BCUT2D eigenvalue weighted by molar-refractivity contribution is 6.36. The lowest BCUT2D eigenvalue weighted by molar-refractivity contribution is -0.140. The maximum Gasteiger partial charge on any atom is 0.338 e. The highest BCUT2D eigenvalue weighted by atomic mass is 35.5. The van der Waals surface area contributed by atoms with E-state index in [0.717, 1.165) is 27.2 Å². The zero-order valence-corrected chi connectivity index (χ0v) is 24.0. The molecule has 3 amide bonds. The Balaban J connectivity index is 1.19. The number of halogens is 2. The topological polar surface area (TPSA) is 92.8 Å². The summed E-state index contributed by atoms with van der Waals surface area (Å²) in [5.74, 6) is -3.25. The van der Waals surface area contributed by atoms with Gasteiger partial charge in [0.2, 0.25) is 17.7 Å². The molecule has 3 aromatic rings. The fraction of sp³-hybridized carbons (Fsp3) is 0.312. The minimum atomic E-state index is -1.25. The minimum Gasteiger partial charge on any atom is -0.462 e. The van der Waals surface area contributed by atoms with Crippen molar-refractivity contribution in [2.24, 2.45) is 17.8 Å². The molecular formula is C32H28Cl2N2O5. The second kappa shape index (κ2) is 10.00. The summed E-state index contributed by atoms with van der Waals surface area (Å²) in [4.78, 5) is 51.3. The van der Waals surface area contributed by atoms with Crippen LogP contribution in [0.1, 0.15) is 52.9 Å². The number of carbonyl (C=O) groups is 4. The maximum atomic E-state index is 13.9. The number of imide groups is 1. The molecule has 1 aliphatic heterocycles. The van der Waals surface area contributed by atoms with Crippen LogP contribution in [0.15, 0.2) is 72.8 Å². The average molecular weight is 591 g/mol. The van der Waals surface area contributed by atoms with E-state index in [9.17, 15) is 19.2 Å². The van der Waals surface area contributed by atoms with Gasteiger partial charge in [0.15, 0.2) is 0 Å². The van der Waals surface area contributed by atoms with Crippen LogP contribution in [0.4, 0.5) is 5.69 Å². The fourth-order valence-electron chi connectivity index (χ4n) is 6.40. The van der Waals surface area contributed by atoms with Gasteiger partial charge in [-0.25, -0.2) is 4.79 Å². The number of hydrogen-bond acceptors (Lipinski definition) is 5. The predicted octanol–water partition coefficient (Wildman–Crippen LogP) is 5.42. The lowest BCUT2D eigenvalue weighted by Crippen LogP contribution is -2.57. The second-order valence-electron chi connectivity index (χ2n) is 11.2. The molecule has 7 nitrogen and oxygen atoms in total. The summed E-state index contributed by atoms with van der Waals surface area (Å²) >= 11 is 14.8. The Morgan fingerprint density at radius 2 is 1.29 bits per heavy atom. The third-order valence-electron chi connectivity index (χ3n) is 8.19. The van der Waals surface area contributed by atoms with Gasteiger partial charge < -0.3 is 10.1 Å². The van der Waals surface area contributed by atoms with Crippen LogP contribution in [0.3, 0.4) is 0 Å². The van der Waals surface area contributed by atoms with E-state index in [1.807, 2.05) is 62.4 Å². The maximum absolute atomic E-state index is 13.9. The Morgan fingerprint density at radius 1 is 0.829 bits per heavy atom. The van der Waals surface area contributed by atoms with Gasteiger partial charge in [0.05, 0.1) is 24.0 Å². The normalized spacial score (nSPS) is 25.5. The van der Waals surface area contributed by atoms with Crippen molar-refractivity contribution in [2.75, 3.05) is 18.5 Å². The third-order valence-corrected chi connectivity index (χ3v) is 9.48. The zero-order chi connectivity index (χ0) is 29.1. The Kier molecular flexibility index (Phi) is 6.70. The van der Waals surface area contributed by atoms with Gasteiger partial charge in [0, 0.05) is 18.7 Å². The highest BCUT2D eigenvalue weighted by Gasteiger charge is 2.72. The average Bonchev–Trinajstić information content (AvgIpc) is 3.24. The number of alkyl halides is 2. The number of nitrogens with zero attached hydrogens (tertiary/aromatic N) is 1. The van der Waals surface area contributed by atoms with Gasteiger partial charge in [-0.15, -0.1) is 23.2 Å². The SMILES string of the molecule is CC(C)COC(=O)c1ccc(NC(=O)CCN2C(=O)[C@@H]3[C@@H](C2=O)C2(Cl)c4ccccc4C3(Cl)c3ccccc32)cc1. The van der Waals surface area contributed by atoms with Crippen molar-refractivity contribution in [3.8, 4) is 0 Å². The number of amides is 3. The first-order chi connectivity index (χ1) is 19.6. The molecule has 0 spiro atoms. The van der Waals surface area contributed by atoms with E-state index in [-0.39, 0.29) is 24.8 Å². The molecule has 41 heavy (non-hydrogen) atoms. The lowest BCUT2D eigenvalue weighted by atomic mass is 9.54. The van der Waals surface area contributed by atoms with Crippen molar-refractivity contribution >= 4 is 52.6 Å². The van der Waals surface area contributed by atoms with E-state index in [4.69, 9.17) is 27.9 Å². The fourth-order valence-corrected chi connectivity index (χ4v) is 7.50. The molecule has 7 rings (SSSR count). The van der Waals surface area contributed by atoms with Crippen LogP contribution in [0.5, 0.6) is 0 Å². The molecule has 2 atom stereocenters. The summed E-state index contributed by atoms with van der Waals surface area (Å²) in [6.45, 7) is 4.11. The third kappa shape index (κ3) is 4.09. The molecule has 210 valence electrons. The molecule has 1 N–H and O–H groups in total. The summed E-state index contributed by atoms with van der Waals surface area (Å²) < 4.78 is 5.23. The quantitative estimate of drug-likeness (QED) is 0.225. The molecule has 3 aromatic carbocycles. The van der Waals surface area contributed by atoms with E-state index < -0.39 is 39.4 Å². The van der Waals surface area contributed by atoms with Crippen LogP contribution < -0.4 is 5.32 Å². The largest absolute Gasteiger partial charge is 0.462 e. The molecule has 1 heterocycles. The van der Waals surface area contributed by atoms with Gasteiger partial charge in [0.25, 0.3) is 0 Å². The smallest absolute Gasteiger partial charge is 0.338 e. The number of hydrogen-bond donors (Lipinski definition) is 1. The molecule has 0 saturated carbocycles. The van der Waals surface area contributed by atoms with E-state index in [2.05, 4.69) is 5.32 Å². The molecule has 0 radical (unpaired) electrons. The number of esters is 1. The van der Waals surface area contributed by atoms with Gasteiger partial charge in [-0.1, -0.05) is 62.4 Å². The highest BCUT2D eigenvalue weighted by Crippen LogP contribution is 2.69. The second-order valence-corrected chi connectivity index (χ2v) is 12.4. The zero-order valence-electron chi connectivity index (χ0n) is 22.5. The van der Waals surface area contributed by atoms with Gasteiger partial charge in [-0.3, -0.25) is 19.3 Å². The van der Waals surface area contributed by atoms with Gasteiger partial charge >= 0.3 is 5.97 Å². The lowest BCUT2D eigenvalue weighted by Gasteiger charge is -2.54. The summed E-state index contributed by atoms with van der Waals surface area (Å²) in [6, 6.07) is 21.2. The summed E-state index contributed by atoms with van der Waals surface area (Å²) in [7, 11) is 0. The Bertz CT molecular complexity index is 1460. The molecular weight excluding hydrogens is 563 g/mol. The van der Waals surface area contributed by atoms with Crippen molar-refractivity contribution in [1.82, 2.24) is 4.90 Å².